The number of rotatable bonds is 2. The fourth-order valence-electron chi connectivity index (χ4n) is 2.41. The molecular formula is C21H21S+. The van der Waals surface area contributed by atoms with E-state index in [0.717, 1.165) is 0 Å². The average molecular weight is 305 g/mol. The van der Waals surface area contributed by atoms with E-state index in [9.17, 15) is 0 Å². The van der Waals surface area contributed by atoms with Crippen molar-refractivity contribution in [2.24, 2.45) is 0 Å². The largest absolute Gasteiger partial charge is 0.238 e. The molecule has 0 aliphatic heterocycles. The van der Waals surface area contributed by atoms with Gasteiger partial charge in [-0.15, -0.1) is 0 Å². The first-order valence-electron chi connectivity index (χ1n) is 7.63. The number of hydrogen-bond donors (Lipinski definition) is 0. The molecule has 0 bridgehead atoms. The van der Waals surface area contributed by atoms with Gasteiger partial charge in [-0.05, 0) is 23.3 Å². The minimum atomic E-state index is 0.152. The number of hydrogen-bond acceptors (Lipinski definition) is 0. The van der Waals surface area contributed by atoms with Gasteiger partial charge in [0.1, 0.15) is 0 Å². The van der Waals surface area contributed by atoms with Crippen LogP contribution in [0, 0.1) is 0 Å². The zero-order chi connectivity index (χ0) is 15.6. The fraction of sp³-hybridized carbons (Fsp3) is 0.190. The molecule has 0 aliphatic rings. The minimum Gasteiger partial charge on any atom is -0.0622 e. The molecule has 2 aromatic carbocycles. The highest BCUT2D eigenvalue weighted by Gasteiger charge is 2.27. The maximum absolute atomic E-state index is 2.34. The first-order valence-corrected chi connectivity index (χ1v) is 8.45. The average Bonchev–Trinajstić information content (AvgIpc) is 2.55. The third kappa shape index (κ3) is 3.26. The van der Waals surface area contributed by atoms with E-state index < -0.39 is 0 Å². The van der Waals surface area contributed by atoms with Crippen LogP contribution >= 0.6 is 11.3 Å². The maximum atomic E-state index is 2.34. The van der Waals surface area contributed by atoms with Crippen molar-refractivity contribution in [3.63, 3.8) is 0 Å². The van der Waals surface area contributed by atoms with E-state index in [4.69, 9.17) is 0 Å². The SMILES string of the molecule is CC(C)(C)c1cc(-c2ccccc2)cc(-c2ccccc2)[s+]1. The molecule has 0 atom stereocenters. The maximum Gasteiger partial charge on any atom is 0.238 e. The number of benzene rings is 2. The molecule has 0 unspecified atom stereocenters. The van der Waals surface area contributed by atoms with Crippen LogP contribution in [0.1, 0.15) is 25.6 Å². The van der Waals surface area contributed by atoms with Crippen molar-refractivity contribution in [2.75, 3.05) is 0 Å². The molecular weight excluding hydrogens is 284 g/mol. The Morgan fingerprint density at radius 3 is 1.73 bits per heavy atom. The summed E-state index contributed by atoms with van der Waals surface area (Å²) in [6, 6.07) is 25.9. The lowest BCUT2D eigenvalue weighted by Gasteiger charge is -2.12. The molecule has 0 saturated heterocycles. The van der Waals surface area contributed by atoms with E-state index in [-0.39, 0.29) is 5.41 Å². The first kappa shape index (κ1) is 14.9. The van der Waals surface area contributed by atoms with Crippen molar-refractivity contribution < 1.29 is 0 Å². The summed E-state index contributed by atoms with van der Waals surface area (Å²) in [7, 11) is 0. The molecule has 0 fully saturated rings. The van der Waals surface area contributed by atoms with Crippen molar-refractivity contribution in [1.29, 1.82) is 0 Å². The smallest absolute Gasteiger partial charge is 0.0622 e. The molecule has 0 spiro atoms. The Balaban J connectivity index is 2.19. The van der Waals surface area contributed by atoms with Gasteiger partial charge in [0.15, 0.2) is 0 Å². The Morgan fingerprint density at radius 1 is 0.636 bits per heavy atom. The van der Waals surface area contributed by atoms with Crippen LogP contribution < -0.4 is 0 Å². The van der Waals surface area contributed by atoms with Gasteiger partial charge in [-0.3, -0.25) is 0 Å². The zero-order valence-corrected chi connectivity index (χ0v) is 14.2. The van der Waals surface area contributed by atoms with Crippen molar-refractivity contribution in [2.45, 2.75) is 26.2 Å². The molecule has 22 heavy (non-hydrogen) atoms. The monoisotopic (exact) mass is 305 g/mol. The fourth-order valence-corrected chi connectivity index (χ4v) is 3.58. The predicted molar refractivity (Wildman–Crippen MR) is 98.3 cm³/mol. The Kier molecular flexibility index (Phi) is 4.08. The lowest BCUT2D eigenvalue weighted by Crippen LogP contribution is -2.09. The van der Waals surface area contributed by atoms with Gasteiger partial charge in [-0.1, -0.05) is 69.3 Å². The van der Waals surface area contributed by atoms with Gasteiger partial charge in [-0.25, -0.2) is 0 Å². The third-order valence-corrected chi connectivity index (χ3v) is 5.22. The van der Waals surface area contributed by atoms with E-state index in [1.54, 1.807) is 0 Å². The van der Waals surface area contributed by atoms with E-state index in [1.807, 2.05) is 11.3 Å². The second kappa shape index (κ2) is 6.02. The van der Waals surface area contributed by atoms with Gasteiger partial charge in [-0.2, -0.15) is 0 Å². The predicted octanol–water partition coefficient (Wildman–Crippen LogP) is 6.66. The Hall–Kier alpha value is -1.99. The normalized spacial score (nSPS) is 11.4. The van der Waals surface area contributed by atoms with Crippen LogP contribution in [0.4, 0.5) is 0 Å². The highest BCUT2D eigenvalue weighted by Crippen LogP contribution is 2.37. The summed E-state index contributed by atoms with van der Waals surface area (Å²) in [5.41, 5.74) is 4.01. The molecule has 1 heterocycles. The Morgan fingerprint density at radius 2 is 1.18 bits per heavy atom. The molecule has 1 heteroatoms. The van der Waals surface area contributed by atoms with E-state index in [2.05, 4.69) is 93.6 Å². The van der Waals surface area contributed by atoms with Crippen LogP contribution in [0.5, 0.6) is 0 Å². The summed E-state index contributed by atoms with van der Waals surface area (Å²) in [5.74, 6) is 0. The van der Waals surface area contributed by atoms with Crippen LogP contribution in [0.3, 0.4) is 0 Å². The van der Waals surface area contributed by atoms with E-state index >= 15 is 0 Å². The van der Waals surface area contributed by atoms with Gasteiger partial charge < -0.3 is 0 Å². The minimum absolute atomic E-state index is 0.152. The molecule has 0 nitrogen and oxygen atoms in total. The highest BCUT2D eigenvalue weighted by molar-refractivity contribution is 7.15. The van der Waals surface area contributed by atoms with Crippen molar-refractivity contribution in [1.82, 2.24) is 0 Å². The summed E-state index contributed by atoms with van der Waals surface area (Å²) in [6.07, 6.45) is 0. The summed E-state index contributed by atoms with van der Waals surface area (Å²) in [5, 5.41) is 0. The van der Waals surface area contributed by atoms with Crippen LogP contribution in [0.25, 0.3) is 21.6 Å². The van der Waals surface area contributed by atoms with Crippen LogP contribution in [-0.2, 0) is 5.41 Å². The first-order chi connectivity index (χ1) is 10.5. The van der Waals surface area contributed by atoms with E-state index in [0.29, 0.717) is 0 Å². The molecule has 0 radical (unpaired) electrons. The van der Waals surface area contributed by atoms with E-state index in [1.165, 1.54) is 26.4 Å². The second-order valence-electron chi connectivity index (χ2n) is 6.56. The summed E-state index contributed by atoms with van der Waals surface area (Å²) >= 11 is 1.89. The second-order valence-corrected chi connectivity index (χ2v) is 7.64. The van der Waals surface area contributed by atoms with Crippen molar-refractivity contribution in [3.05, 3.63) is 77.7 Å². The molecule has 110 valence electrons. The molecule has 0 N–H and O–H groups in total. The van der Waals surface area contributed by atoms with Crippen LogP contribution in [-0.4, -0.2) is 0 Å². The highest BCUT2D eigenvalue weighted by atomic mass is 32.1. The van der Waals surface area contributed by atoms with Gasteiger partial charge in [0, 0.05) is 23.1 Å². The Bertz CT molecular complexity index is 695. The van der Waals surface area contributed by atoms with Gasteiger partial charge in [0.2, 0.25) is 21.1 Å². The Labute approximate surface area is 137 Å². The molecule has 1 aromatic heterocycles. The molecule has 0 amide bonds. The molecule has 3 rings (SSSR count). The molecule has 0 aliphatic carbocycles. The third-order valence-electron chi connectivity index (χ3n) is 3.70. The van der Waals surface area contributed by atoms with Crippen LogP contribution in [0.2, 0.25) is 0 Å². The van der Waals surface area contributed by atoms with Gasteiger partial charge in [0.25, 0.3) is 0 Å². The standard InChI is InChI=1S/C21H21S/c1-21(2,3)20-15-18(16-10-6-4-7-11-16)14-19(22-20)17-12-8-5-9-13-17/h4-15H,1-3H3/q+1. The summed E-state index contributed by atoms with van der Waals surface area (Å²) in [4.78, 5) is 2.74. The molecule has 3 aromatic rings. The summed E-state index contributed by atoms with van der Waals surface area (Å²) < 4.78 is 0. The van der Waals surface area contributed by atoms with Gasteiger partial charge >= 0.3 is 0 Å². The zero-order valence-electron chi connectivity index (χ0n) is 13.3. The van der Waals surface area contributed by atoms with Crippen molar-refractivity contribution in [3.8, 4) is 21.6 Å². The van der Waals surface area contributed by atoms with Crippen LogP contribution in [0.15, 0.2) is 72.8 Å². The topological polar surface area (TPSA) is 0 Å². The van der Waals surface area contributed by atoms with Gasteiger partial charge in [0.05, 0.1) is 0 Å². The van der Waals surface area contributed by atoms with Crippen molar-refractivity contribution >= 4 is 11.3 Å². The quantitative estimate of drug-likeness (QED) is 0.464. The summed E-state index contributed by atoms with van der Waals surface area (Å²) in [6.45, 7) is 6.84. The molecule has 0 saturated carbocycles. The lowest BCUT2D eigenvalue weighted by atomic mass is 9.93. The lowest BCUT2D eigenvalue weighted by molar-refractivity contribution is 0.603.